The number of rotatable bonds is 4. The van der Waals surface area contributed by atoms with E-state index in [1.165, 1.54) is 6.20 Å². The van der Waals surface area contributed by atoms with E-state index in [1.54, 1.807) is 18.2 Å². The SMILES string of the molecule is O=C(Nc1cccc2nsnc12)c1ccc(OC2CCOCC2)nc1. The molecule has 1 N–H and O–H groups in total. The molecule has 0 spiro atoms. The Balaban J connectivity index is 1.44. The summed E-state index contributed by atoms with van der Waals surface area (Å²) in [6.45, 7) is 1.42. The molecular formula is C17H16N4O3S. The second kappa shape index (κ2) is 7.12. The number of nitrogens with one attached hydrogen (secondary N) is 1. The molecule has 0 unspecified atom stereocenters. The molecule has 0 radical (unpaired) electrons. The largest absolute Gasteiger partial charge is 0.474 e. The van der Waals surface area contributed by atoms with Crippen LogP contribution in [0.25, 0.3) is 11.0 Å². The first-order valence-corrected chi connectivity index (χ1v) is 8.76. The summed E-state index contributed by atoms with van der Waals surface area (Å²) in [4.78, 5) is 16.7. The molecule has 3 heterocycles. The molecule has 0 aliphatic carbocycles. The number of hydrogen-bond donors (Lipinski definition) is 1. The van der Waals surface area contributed by atoms with Gasteiger partial charge in [-0.25, -0.2) is 4.98 Å². The zero-order valence-electron chi connectivity index (χ0n) is 13.3. The van der Waals surface area contributed by atoms with Crippen LogP contribution < -0.4 is 10.1 Å². The number of nitrogens with zero attached hydrogens (tertiary/aromatic N) is 3. The normalized spacial score (nSPS) is 15.2. The molecule has 25 heavy (non-hydrogen) atoms. The molecule has 0 bridgehead atoms. The van der Waals surface area contributed by atoms with Gasteiger partial charge in [0.25, 0.3) is 5.91 Å². The smallest absolute Gasteiger partial charge is 0.257 e. The molecule has 0 atom stereocenters. The highest BCUT2D eigenvalue weighted by molar-refractivity contribution is 7.00. The van der Waals surface area contributed by atoms with E-state index in [2.05, 4.69) is 19.0 Å². The van der Waals surface area contributed by atoms with Gasteiger partial charge >= 0.3 is 0 Å². The summed E-state index contributed by atoms with van der Waals surface area (Å²) in [7, 11) is 0. The molecule has 2 aromatic heterocycles. The standard InChI is InChI=1S/C17H16N4O3S/c22-17(19-13-2-1-3-14-16(13)21-25-20-14)11-4-5-15(18-10-11)24-12-6-8-23-9-7-12/h1-5,10,12H,6-9H2,(H,19,22). The van der Waals surface area contributed by atoms with Crippen molar-refractivity contribution in [3.63, 3.8) is 0 Å². The molecule has 128 valence electrons. The molecule has 1 amide bonds. The summed E-state index contributed by atoms with van der Waals surface area (Å²) in [5, 5.41) is 2.86. The molecular weight excluding hydrogens is 340 g/mol. The quantitative estimate of drug-likeness (QED) is 0.773. The van der Waals surface area contributed by atoms with Crippen molar-refractivity contribution in [2.45, 2.75) is 18.9 Å². The van der Waals surface area contributed by atoms with Crippen LogP contribution in [0, 0.1) is 0 Å². The summed E-state index contributed by atoms with van der Waals surface area (Å²) in [5.74, 6) is 0.278. The van der Waals surface area contributed by atoms with Crippen molar-refractivity contribution in [1.82, 2.24) is 13.7 Å². The molecule has 0 saturated carbocycles. The van der Waals surface area contributed by atoms with Crippen molar-refractivity contribution < 1.29 is 14.3 Å². The zero-order chi connectivity index (χ0) is 17.1. The third kappa shape index (κ3) is 3.59. The van der Waals surface area contributed by atoms with E-state index in [0.717, 1.165) is 30.1 Å². The van der Waals surface area contributed by atoms with Gasteiger partial charge in [-0.3, -0.25) is 4.79 Å². The average Bonchev–Trinajstić information content (AvgIpc) is 3.13. The number of hydrogen-bond acceptors (Lipinski definition) is 7. The van der Waals surface area contributed by atoms with Crippen molar-refractivity contribution in [2.75, 3.05) is 18.5 Å². The van der Waals surface area contributed by atoms with Crippen LogP contribution in [0.2, 0.25) is 0 Å². The molecule has 7 nitrogen and oxygen atoms in total. The first kappa shape index (κ1) is 15.9. The van der Waals surface area contributed by atoms with E-state index in [4.69, 9.17) is 9.47 Å². The van der Waals surface area contributed by atoms with Crippen LogP contribution in [0.15, 0.2) is 36.5 Å². The van der Waals surface area contributed by atoms with Gasteiger partial charge in [-0.05, 0) is 18.2 Å². The van der Waals surface area contributed by atoms with E-state index in [0.29, 0.717) is 35.9 Å². The number of benzene rings is 1. The Hall–Kier alpha value is -2.58. The maximum absolute atomic E-state index is 12.4. The van der Waals surface area contributed by atoms with Gasteiger partial charge in [0, 0.05) is 25.1 Å². The van der Waals surface area contributed by atoms with Crippen LogP contribution in [-0.4, -0.2) is 39.0 Å². The average molecular weight is 356 g/mol. The van der Waals surface area contributed by atoms with Gasteiger partial charge in [0.1, 0.15) is 17.1 Å². The Morgan fingerprint density at radius 2 is 2.08 bits per heavy atom. The number of carbonyl (C=O) groups excluding carboxylic acids is 1. The second-order valence-corrected chi connectivity index (χ2v) is 6.23. The Kier molecular flexibility index (Phi) is 4.53. The number of anilines is 1. The lowest BCUT2D eigenvalue weighted by Crippen LogP contribution is -2.26. The fourth-order valence-corrected chi connectivity index (χ4v) is 3.20. The van der Waals surface area contributed by atoms with Crippen molar-refractivity contribution in [2.24, 2.45) is 0 Å². The van der Waals surface area contributed by atoms with Crippen LogP contribution in [0.5, 0.6) is 5.88 Å². The highest BCUT2D eigenvalue weighted by atomic mass is 32.1. The molecule has 1 aromatic carbocycles. The molecule has 1 fully saturated rings. The van der Waals surface area contributed by atoms with E-state index >= 15 is 0 Å². The maximum Gasteiger partial charge on any atom is 0.257 e. The minimum Gasteiger partial charge on any atom is -0.474 e. The van der Waals surface area contributed by atoms with E-state index in [9.17, 15) is 4.79 Å². The highest BCUT2D eigenvalue weighted by Gasteiger charge is 2.16. The Labute approximate surface area is 148 Å². The lowest BCUT2D eigenvalue weighted by molar-refractivity contribution is 0.0237. The number of fused-ring (bicyclic) bond motifs is 1. The monoisotopic (exact) mass is 356 g/mol. The van der Waals surface area contributed by atoms with Gasteiger partial charge in [0.15, 0.2) is 0 Å². The Morgan fingerprint density at radius 1 is 1.20 bits per heavy atom. The van der Waals surface area contributed by atoms with E-state index in [-0.39, 0.29) is 12.0 Å². The minimum absolute atomic E-state index is 0.121. The van der Waals surface area contributed by atoms with Gasteiger partial charge in [0.2, 0.25) is 5.88 Å². The third-order valence-corrected chi connectivity index (χ3v) is 4.53. The second-order valence-electron chi connectivity index (χ2n) is 5.71. The Bertz CT molecular complexity index is 875. The van der Waals surface area contributed by atoms with Crippen LogP contribution in [0.3, 0.4) is 0 Å². The van der Waals surface area contributed by atoms with Gasteiger partial charge in [-0.1, -0.05) is 6.07 Å². The van der Waals surface area contributed by atoms with Crippen LogP contribution in [-0.2, 0) is 4.74 Å². The fourth-order valence-electron chi connectivity index (χ4n) is 2.65. The van der Waals surface area contributed by atoms with Crippen LogP contribution >= 0.6 is 11.7 Å². The molecule has 1 aliphatic rings. The van der Waals surface area contributed by atoms with E-state index < -0.39 is 0 Å². The zero-order valence-corrected chi connectivity index (χ0v) is 14.2. The summed E-state index contributed by atoms with van der Waals surface area (Å²) in [5.41, 5.74) is 2.55. The number of aromatic nitrogens is 3. The lowest BCUT2D eigenvalue weighted by atomic mass is 10.1. The maximum atomic E-state index is 12.4. The summed E-state index contributed by atoms with van der Waals surface area (Å²) >= 11 is 1.12. The predicted molar refractivity (Wildman–Crippen MR) is 94.1 cm³/mol. The third-order valence-electron chi connectivity index (χ3n) is 3.99. The minimum atomic E-state index is -0.245. The molecule has 3 aromatic rings. The summed E-state index contributed by atoms with van der Waals surface area (Å²) in [6.07, 6.45) is 3.35. The molecule has 1 saturated heterocycles. The van der Waals surface area contributed by atoms with Gasteiger partial charge in [-0.2, -0.15) is 8.75 Å². The fraction of sp³-hybridized carbons (Fsp3) is 0.294. The van der Waals surface area contributed by atoms with Crippen LogP contribution in [0.4, 0.5) is 5.69 Å². The van der Waals surface area contributed by atoms with Crippen molar-refractivity contribution in [3.05, 3.63) is 42.1 Å². The first-order chi connectivity index (χ1) is 12.3. The van der Waals surface area contributed by atoms with Gasteiger partial charge in [0.05, 0.1) is 36.2 Å². The highest BCUT2D eigenvalue weighted by Crippen LogP contribution is 2.22. The van der Waals surface area contributed by atoms with Crippen LogP contribution in [0.1, 0.15) is 23.2 Å². The lowest BCUT2D eigenvalue weighted by Gasteiger charge is -2.22. The molecule has 8 heteroatoms. The predicted octanol–water partition coefficient (Wildman–Crippen LogP) is 2.90. The summed E-state index contributed by atoms with van der Waals surface area (Å²) < 4.78 is 19.5. The van der Waals surface area contributed by atoms with Gasteiger partial charge in [-0.15, -0.1) is 0 Å². The first-order valence-electron chi connectivity index (χ1n) is 8.03. The number of ether oxygens (including phenoxy) is 2. The molecule has 1 aliphatic heterocycles. The topological polar surface area (TPSA) is 86.2 Å². The van der Waals surface area contributed by atoms with Crippen molar-refractivity contribution in [3.8, 4) is 5.88 Å². The van der Waals surface area contributed by atoms with Crippen molar-refractivity contribution in [1.29, 1.82) is 0 Å². The van der Waals surface area contributed by atoms with Crippen molar-refractivity contribution >= 4 is 34.4 Å². The Morgan fingerprint density at radius 3 is 2.88 bits per heavy atom. The van der Waals surface area contributed by atoms with Gasteiger partial charge < -0.3 is 14.8 Å². The summed E-state index contributed by atoms with van der Waals surface area (Å²) in [6, 6.07) is 8.92. The number of pyridine rings is 1. The molecule has 4 rings (SSSR count). The number of carbonyl (C=O) groups is 1. The van der Waals surface area contributed by atoms with E-state index in [1.807, 2.05) is 12.1 Å². The number of amides is 1.